The lowest BCUT2D eigenvalue weighted by Gasteiger charge is -2.28. The first-order valence-electron chi connectivity index (χ1n) is 8.10. The van der Waals surface area contributed by atoms with Gasteiger partial charge in [-0.25, -0.2) is 19.3 Å². The molecule has 0 aromatic carbocycles. The van der Waals surface area contributed by atoms with Crippen LogP contribution in [0.15, 0.2) is 30.7 Å². The molecule has 1 fully saturated rings. The van der Waals surface area contributed by atoms with Crippen LogP contribution in [0.25, 0.3) is 0 Å². The molecule has 3 rings (SSSR count). The molecule has 0 saturated heterocycles. The van der Waals surface area contributed by atoms with Crippen LogP contribution < -0.4 is 14.8 Å². The number of halogens is 1. The van der Waals surface area contributed by atoms with Crippen molar-refractivity contribution >= 4 is 5.91 Å². The molecular formula is C17H19FN4O3. The molecular weight excluding hydrogens is 327 g/mol. The smallest absolute Gasteiger partial charge is 0.316 e. The number of nitrogens with one attached hydrogen (secondary N) is 1. The SMILES string of the molecule is COc1ncccc1C(=O)NC1CCC(Oc2ncc(F)cn2)CC1. The van der Waals surface area contributed by atoms with Crippen molar-refractivity contribution in [3.63, 3.8) is 0 Å². The molecule has 0 radical (unpaired) electrons. The van der Waals surface area contributed by atoms with Gasteiger partial charge in [0, 0.05) is 12.2 Å². The lowest BCUT2D eigenvalue weighted by Crippen LogP contribution is -2.40. The third-order valence-electron chi connectivity index (χ3n) is 4.09. The Labute approximate surface area is 144 Å². The standard InChI is InChI=1S/C17H19FN4O3/c1-24-16-14(3-2-8-19-16)15(23)22-12-4-6-13(7-5-12)25-17-20-9-11(18)10-21-17/h2-3,8-10,12-13H,4-7H2,1H3,(H,22,23). The Balaban J connectivity index is 1.50. The Bertz CT molecular complexity index is 718. The number of carbonyl (C=O) groups excluding carboxylic acids is 1. The van der Waals surface area contributed by atoms with Crippen LogP contribution >= 0.6 is 0 Å². The average molecular weight is 346 g/mol. The van der Waals surface area contributed by atoms with E-state index in [0.29, 0.717) is 11.4 Å². The van der Waals surface area contributed by atoms with Crippen LogP contribution in [-0.4, -0.2) is 40.1 Å². The van der Waals surface area contributed by atoms with E-state index in [0.717, 1.165) is 38.1 Å². The number of hydrogen-bond acceptors (Lipinski definition) is 6. The second kappa shape index (κ2) is 7.87. The molecule has 132 valence electrons. The number of ether oxygens (including phenoxy) is 2. The second-order valence-corrected chi connectivity index (χ2v) is 5.81. The summed E-state index contributed by atoms with van der Waals surface area (Å²) in [5, 5.41) is 3.01. The average Bonchev–Trinajstić information content (AvgIpc) is 2.65. The summed E-state index contributed by atoms with van der Waals surface area (Å²) in [7, 11) is 1.49. The first-order chi connectivity index (χ1) is 12.2. The molecule has 1 amide bonds. The van der Waals surface area contributed by atoms with Gasteiger partial charge in [-0.15, -0.1) is 0 Å². The van der Waals surface area contributed by atoms with Crippen molar-refractivity contribution < 1.29 is 18.7 Å². The summed E-state index contributed by atoms with van der Waals surface area (Å²) in [6.45, 7) is 0. The molecule has 8 heteroatoms. The van der Waals surface area contributed by atoms with Gasteiger partial charge in [-0.05, 0) is 37.8 Å². The Kier molecular flexibility index (Phi) is 5.37. The van der Waals surface area contributed by atoms with Crippen LogP contribution in [0.1, 0.15) is 36.0 Å². The number of carbonyl (C=O) groups is 1. The van der Waals surface area contributed by atoms with Crippen LogP contribution in [-0.2, 0) is 0 Å². The molecule has 1 aliphatic rings. The zero-order valence-electron chi connectivity index (χ0n) is 13.8. The summed E-state index contributed by atoms with van der Waals surface area (Å²) >= 11 is 0. The first-order valence-corrected chi connectivity index (χ1v) is 8.10. The maximum Gasteiger partial charge on any atom is 0.316 e. The monoisotopic (exact) mass is 346 g/mol. The molecule has 0 aliphatic heterocycles. The van der Waals surface area contributed by atoms with E-state index in [9.17, 15) is 9.18 Å². The number of methoxy groups -OCH3 is 1. The number of aromatic nitrogens is 3. The summed E-state index contributed by atoms with van der Waals surface area (Å²) in [6, 6.07) is 3.62. The predicted molar refractivity (Wildman–Crippen MR) is 86.9 cm³/mol. The van der Waals surface area contributed by atoms with Crippen LogP contribution in [0.5, 0.6) is 11.9 Å². The third-order valence-corrected chi connectivity index (χ3v) is 4.09. The number of nitrogens with zero attached hydrogens (tertiary/aromatic N) is 3. The van der Waals surface area contributed by atoms with Crippen molar-refractivity contribution in [1.29, 1.82) is 0 Å². The van der Waals surface area contributed by atoms with Gasteiger partial charge in [0.05, 0.1) is 19.5 Å². The molecule has 7 nitrogen and oxygen atoms in total. The van der Waals surface area contributed by atoms with Gasteiger partial charge in [0.1, 0.15) is 11.7 Å². The van der Waals surface area contributed by atoms with Crippen molar-refractivity contribution in [3.05, 3.63) is 42.1 Å². The second-order valence-electron chi connectivity index (χ2n) is 5.81. The third kappa shape index (κ3) is 4.40. The molecule has 0 atom stereocenters. The van der Waals surface area contributed by atoms with E-state index >= 15 is 0 Å². The van der Waals surface area contributed by atoms with Gasteiger partial charge in [0.2, 0.25) is 5.88 Å². The summed E-state index contributed by atoms with van der Waals surface area (Å²) in [5.74, 6) is -0.383. The molecule has 0 bridgehead atoms. The molecule has 2 heterocycles. The minimum atomic E-state index is -0.496. The molecule has 0 unspecified atom stereocenters. The van der Waals surface area contributed by atoms with E-state index in [-0.39, 0.29) is 24.1 Å². The lowest BCUT2D eigenvalue weighted by molar-refractivity contribution is 0.0881. The van der Waals surface area contributed by atoms with Crippen LogP contribution in [0.3, 0.4) is 0 Å². The number of pyridine rings is 1. The van der Waals surface area contributed by atoms with Gasteiger partial charge >= 0.3 is 6.01 Å². The molecule has 2 aromatic rings. The summed E-state index contributed by atoms with van der Waals surface area (Å²) in [5.41, 5.74) is 0.420. The summed E-state index contributed by atoms with van der Waals surface area (Å²) in [4.78, 5) is 24.0. The first kappa shape index (κ1) is 17.1. The fourth-order valence-electron chi connectivity index (χ4n) is 2.82. The van der Waals surface area contributed by atoms with E-state index in [1.54, 1.807) is 18.3 Å². The zero-order chi connectivity index (χ0) is 17.6. The van der Waals surface area contributed by atoms with Crippen molar-refractivity contribution in [2.75, 3.05) is 7.11 Å². The highest BCUT2D eigenvalue weighted by Gasteiger charge is 2.25. The van der Waals surface area contributed by atoms with Crippen molar-refractivity contribution in [2.45, 2.75) is 37.8 Å². The normalized spacial score (nSPS) is 19.9. The molecule has 0 spiro atoms. The van der Waals surface area contributed by atoms with Gasteiger partial charge < -0.3 is 14.8 Å². The number of hydrogen-bond donors (Lipinski definition) is 1. The summed E-state index contributed by atoms with van der Waals surface area (Å²) < 4.78 is 23.6. The maximum absolute atomic E-state index is 12.8. The summed E-state index contributed by atoms with van der Waals surface area (Å²) in [6.07, 6.45) is 6.78. The van der Waals surface area contributed by atoms with Crippen molar-refractivity contribution in [1.82, 2.24) is 20.3 Å². The highest BCUT2D eigenvalue weighted by atomic mass is 19.1. The fraction of sp³-hybridized carbons (Fsp3) is 0.412. The molecule has 2 aromatic heterocycles. The molecule has 25 heavy (non-hydrogen) atoms. The van der Waals surface area contributed by atoms with E-state index in [1.165, 1.54) is 7.11 Å². The fourth-order valence-corrected chi connectivity index (χ4v) is 2.82. The lowest BCUT2D eigenvalue weighted by atomic mass is 9.93. The molecule has 1 aliphatic carbocycles. The van der Waals surface area contributed by atoms with Gasteiger partial charge in [0.25, 0.3) is 5.91 Å². The Morgan fingerprint density at radius 2 is 1.92 bits per heavy atom. The van der Waals surface area contributed by atoms with Crippen LogP contribution in [0.4, 0.5) is 4.39 Å². The van der Waals surface area contributed by atoms with Gasteiger partial charge in [0.15, 0.2) is 5.82 Å². The largest absolute Gasteiger partial charge is 0.480 e. The van der Waals surface area contributed by atoms with Crippen LogP contribution in [0, 0.1) is 5.82 Å². The number of rotatable bonds is 5. The van der Waals surface area contributed by atoms with Gasteiger partial charge in [-0.1, -0.05) is 0 Å². The Hall–Kier alpha value is -2.77. The zero-order valence-corrected chi connectivity index (χ0v) is 13.8. The number of amides is 1. The highest BCUT2D eigenvalue weighted by molar-refractivity contribution is 5.96. The van der Waals surface area contributed by atoms with E-state index in [4.69, 9.17) is 9.47 Å². The maximum atomic E-state index is 12.8. The van der Waals surface area contributed by atoms with E-state index < -0.39 is 5.82 Å². The highest BCUT2D eigenvalue weighted by Crippen LogP contribution is 2.23. The van der Waals surface area contributed by atoms with Gasteiger partial charge in [-0.3, -0.25) is 4.79 Å². The molecule has 1 N–H and O–H groups in total. The molecule has 1 saturated carbocycles. The predicted octanol–water partition coefficient (Wildman–Crippen LogP) is 2.14. The quantitative estimate of drug-likeness (QED) is 0.893. The minimum Gasteiger partial charge on any atom is -0.480 e. The van der Waals surface area contributed by atoms with Gasteiger partial charge in [-0.2, -0.15) is 0 Å². The Morgan fingerprint density at radius 3 is 2.60 bits per heavy atom. The minimum absolute atomic E-state index is 0.0356. The van der Waals surface area contributed by atoms with Crippen molar-refractivity contribution in [3.8, 4) is 11.9 Å². The van der Waals surface area contributed by atoms with E-state index in [1.807, 2.05) is 0 Å². The topological polar surface area (TPSA) is 86.2 Å². The van der Waals surface area contributed by atoms with Crippen LogP contribution in [0.2, 0.25) is 0 Å². The van der Waals surface area contributed by atoms with Crippen molar-refractivity contribution in [2.24, 2.45) is 0 Å². The van der Waals surface area contributed by atoms with E-state index in [2.05, 4.69) is 20.3 Å². The Morgan fingerprint density at radius 1 is 1.20 bits per heavy atom.